The van der Waals surface area contributed by atoms with E-state index in [0.717, 1.165) is 11.3 Å². The molecule has 1 N–H and O–H groups in total. The summed E-state index contributed by atoms with van der Waals surface area (Å²) < 4.78 is 5.13. The number of aryl methyl sites for hydroxylation is 1. The van der Waals surface area contributed by atoms with Crippen LogP contribution in [0.5, 0.6) is 0 Å². The standard InChI is InChI=1S/C14H12N2O4/c1-7-12(14(18)19)13(20-15-7)8-3-4-10-9(5-8)6-11(17)16(10)2/h3-5H,6H2,1-2H3,(H,18,19). The van der Waals surface area contributed by atoms with Gasteiger partial charge in [0.15, 0.2) is 5.76 Å². The molecule has 0 spiro atoms. The summed E-state index contributed by atoms with van der Waals surface area (Å²) in [5.41, 5.74) is 2.71. The average Bonchev–Trinajstić information content (AvgIpc) is 2.91. The predicted molar refractivity (Wildman–Crippen MR) is 70.7 cm³/mol. The van der Waals surface area contributed by atoms with Crippen LogP contribution in [0.4, 0.5) is 5.69 Å². The molecule has 1 aromatic heterocycles. The van der Waals surface area contributed by atoms with Crippen molar-refractivity contribution in [3.05, 3.63) is 35.0 Å². The van der Waals surface area contributed by atoms with Gasteiger partial charge in [0.05, 0.1) is 12.1 Å². The third kappa shape index (κ3) is 1.69. The summed E-state index contributed by atoms with van der Waals surface area (Å²) in [4.78, 5) is 24.5. The van der Waals surface area contributed by atoms with Gasteiger partial charge in [0.1, 0.15) is 5.56 Å². The molecule has 0 aliphatic carbocycles. The fourth-order valence-corrected chi connectivity index (χ4v) is 2.43. The van der Waals surface area contributed by atoms with Crippen LogP contribution in [0.3, 0.4) is 0 Å². The smallest absolute Gasteiger partial charge is 0.341 e. The Morgan fingerprint density at radius 1 is 1.45 bits per heavy atom. The minimum atomic E-state index is -1.08. The first-order valence-corrected chi connectivity index (χ1v) is 6.08. The summed E-state index contributed by atoms with van der Waals surface area (Å²) in [7, 11) is 1.72. The molecule has 0 fully saturated rings. The second kappa shape index (κ2) is 4.19. The Hall–Kier alpha value is -2.63. The van der Waals surface area contributed by atoms with Crippen molar-refractivity contribution < 1.29 is 19.2 Å². The van der Waals surface area contributed by atoms with Crippen LogP contribution < -0.4 is 4.90 Å². The predicted octanol–water partition coefficient (Wildman–Crippen LogP) is 1.87. The number of fused-ring (bicyclic) bond motifs is 1. The molecular weight excluding hydrogens is 260 g/mol. The van der Waals surface area contributed by atoms with E-state index in [4.69, 9.17) is 4.52 Å². The minimum absolute atomic E-state index is 0.0179. The minimum Gasteiger partial charge on any atom is -0.477 e. The van der Waals surface area contributed by atoms with E-state index in [9.17, 15) is 14.7 Å². The second-order valence-corrected chi connectivity index (χ2v) is 4.75. The maximum atomic E-state index is 11.7. The zero-order valence-electron chi connectivity index (χ0n) is 11.0. The van der Waals surface area contributed by atoms with Gasteiger partial charge < -0.3 is 14.5 Å². The van der Waals surface area contributed by atoms with Crippen LogP contribution in [0, 0.1) is 6.92 Å². The number of likely N-dealkylation sites (N-methyl/N-ethyl adjacent to an activating group) is 1. The fraction of sp³-hybridized carbons (Fsp3) is 0.214. The molecule has 1 amide bonds. The molecular formula is C14H12N2O4. The Balaban J connectivity index is 2.12. The summed E-state index contributed by atoms with van der Waals surface area (Å²) in [6.45, 7) is 1.58. The van der Waals surface area contributed by atoms with Crippen molar-refractivity contribution in [3.8, 4) is 11.3 Å². The van der Waals surface area contributed by atoms with Crippen LogP contribution in [0.25, 0.3) is 11.3 Å². The number of hydrogen-bond acceptors (Lipinski definition) is 4. The molecule has 6 heteroatoms. The third-order valence-corrected chi connectivity index (χ3v) is 3.50. The molecule has 0 unspecified atom stereocenters. The molecule has 6 nitrogen and oxygen atoms in total. The Morgan fingerprint density at radius 3 is 2.90 bits per heavy atom. The highest BCUT2D eigenvalue weighted by Crippen LogP contribution is 2.33. The zero-order chi connectivity index (χ0) is 14.4. The van der Waals surface area contributed by atoms with Crippen molar-refractivity contribution in [2.75, 3.05) is 11.9 Å². The van der Waals surface area contributed by atoms with Gasteiger partial charge in [-0.2, -0.15) is 0 Å². The maximum absolute atomic E-state index is 11.7. The highest BCUT2D eigenvalue weighted by atomic mass is 16.5. The number of benzene rings is 1. The second-order valence-electron chi connectivity index (χ2n) is 4.75. The molecule has 2 aromatic rings. The quantitative estimate of drug-likeness (QED) is 0.902. The molecule has 20 heavy (non-hydrogen) atoms. The number of amides is 1. The van der Waals surface area contributed by atoms with E-state index in [0.29, 0.717) is 17.7 Å². The lowest BCUT2D eigenvalue weighted by Crippen LogP contribution is -2.20. The molecule has 0 saturated heterocycles. The number of nitrogens with zero attached hydrogens (tertiary/aromatic N) is 2. The van der Waals surface area contributed by atoms with E-state index >= 15 is 0 Å². The fourth-order valence-electron chi connectivity index (χ4n) is 2.43. The van der Waals surface area contributed by atoms with Gasteiger partial charge in [0.2, 0.25) is 5.91 Å². The molecule has 0 bridgehead atoms. The Bertz CT molecular complexity index is 733. The SMILES string of the molecule is Cc1noc(-c2ccc3c(c2)CC(=O)N3C)c1C(=O)O. The van der Waals surface area contributed by atoms with Gasteiger partial charge in [0.25, 0.3) is 0 Å². The molecule has 3 rings (SSSR count). The van der Waals surface area contributed by atoms with Gasteiger partial charge in [-0.25, -0.2) is 4.79 Å². The number of rotatable bonds is 2. The summed E-state index contributed by atoms with van der Waals surface area (Å²) in [6, 6.07) is 5.31. The number of carbonyl (C=O) groups is 2. The van der Waals surface area contributed by atoms with Crippen molar-refractivity contribution >= 4 is 17.6 Å². The van der Waals surface area contributed by atoms with E-state index in [1.807, 2.05) is 0 Å². The summed E-state index contributed by atoms with van der Waals surface area (Å²) >= 11 is 0. The largest absolute Gasteiger partial charge is 0.477 e. The molecule has 1 aliphatic rings. The van der Waals surface area contributed by atoms with Crippen LogP contribution in [-0.4, -0.2) is 29.2 Å². The molecule has 1 aromatic carbocycles. The zero-order valence-corrected chi connectivity index (χ0v) is 11.0. The van der Waals surface area contributed by atoms with Crippen molar-refractivity contribution in [1.82, 2.24) is 5.16 Å². The van der Waals surface area contributed by atoms with Crippen LogP contribution in [0.2, 0.25) is 0 Å². The summed E-state index contributed by atoms with van der Waals surface area (Å²) in [5.74, 6) is -0.836. The van der Waals surface area contributed by atoms with E-state index in [2.05, 4.69) is 5.16 Å². The van der Waals surface area contributed by atoms with Gasteiger partial charge >= 0.3 is 5.97 Å². The molecule has 102 valence electrons. The highest BCUT2D eigenvalue weighted by Gasteiger charge is 2.26. The number of aromatic nitrogens is 1. The normalized spacial score (nSPS) is 13.7. The lowest BCUT2D eigenvalue weighted by atomic mass is 10.0. The molecule has 0 saturated carbocycles. The Labute approximate surface area is 114 Å². The van der Waals surface area contributed by atoms with Crippen LogP contribution >= 0.6 is 0 Å². The van der Waals surface area contributed by atoms with Gasteiger partial charge in [0, 0.05) is 18.3 Å². The van der Waals surface area contributed by atoms with Crippen LogP contribution in [0.1, 0.15) is 21.6 Å². The monoisotopic (exact) mass is 272 g/mol. The topological polar surface area (TPSA) is 83.6 Å². The van der Waals surface area contributed by atoms with Gasteiger partial charge in [-0.15, -0.1) is 0 Å². The molecule has 1 aliphatic heterocycles. The van der Waals surface area contributed by atoms with Crippen molar-refractivity contribution in [2.45, 2.75) is 13.3 Å². The van der Waals surface area contributed by atoms with Crippen LogP contribution in [0.15, 0.2) is 22.7 Å². The molecule has 0 atom stereocenters. The van der Waals surface area contributed by atoms with Crippen molar-refractivity contribution in [1.29, 1.82) is 0 Å². The molecule has 0 radical (unpaired) electrons. The van der Waals surface area contributed by atoms with Gasteiger partial charge in [-0.3, -0.25) is 4.79 Å². The summed E-state index contributed by atoms with van der Waals surface area (Å²) in [6.07, 6.45) is 0.315. The average molecular weight is 272 g/mol. The number of hydrogen-bond donors (Lipinski definition) is 1. The van der Waals surface area contributed by atoms with E-state index in [1.165, 1.54) is 0 Å². The summed E-state index contributed by atoms with van der Waals surface area (Å²) in [5, 5.41) is 12.9. The first kappa shape index (κ1) is 12.4. The van der Waals surface area contributed by atoms with Crippen LogP contribution in [-0.2, 0) is 11.2 Å². The lowest BCUT2D eigenvalue weighted by molar-refractivity contribution is -0.117. The lowest BCUT2D eigenvalue weighted by Gasteiger charge is -2.09. The number of aromatic carboxylic acids is 1. The third-order valence-electron chi connectivity index (χ3n) is 3.50. The van der Waals surface area contributed by atoms with E-state index in [-0.39, 0.29) is 17.2 Å². The molecule has 2 heterocycles. The van der Waals surface area contributed by atoms with E-state index in [1.54, 1.807) is 37.1 Å². The number of carboxylic acid groups (broad SMARTS) is 1. The first-order valence-electron chi connectivity index (χ1n) is 6.08. The van der Waals surface area contributed by atoms with Crippen molar-refractivity contribution in [3.63, 3.8) is 0 Å². The van der Waals surface area contributed by atoms with Gasteiger partial charge in [-0.05, 0) is 30.7 Å². The highest BCUT2D eigenvalue weighted by molar-refractivity contribution is 6.02. The number of anilines is 1. The Morgan fingerprint density at radius 2 is 2.20 bits per heavy atom. The van der Waals surface area contributed by atoms with E-state index < -0.39 is 5.97 Å². The number of carbonyl (C=O) groups excluding carboxylic acids is 1. The Kier molecular flexibility index (Phi) is 2.60. The van der Waals surface area contributed by atoms with Crippen molar-refractivity contribution in [2.24, 2.45) is 0 Å². The first-order chi connectivity index (χ1) is 9.49. The maximum Gasteiger partial charge on any atom is 0.341 e. The van der Waals surface area contributed by atoms with Gasteiger partial charge in [-0.1, -0.05) is 5.16 Å². The number of carboxylic acids is 1.